The Kier molecular flexibility index (Phi) is 4.93. The minimum Gasteiger partial charge on any atom is -0.291 e. The molecule has 2 nitrogen and oxygen atoms in total. The first-order chi connectivity index (χ1) is 7.77. The molecule has 0 aromatic carbocycles. The summed E-state index contributed by atoms with van der Waals surface area (Å²) in [5, 5.41) is 0. The normalized spacial score (nSPS) is 11.1. The van der Waals surface area contributed by atoms with E-state index in [-0.39, 0.29) is 0 Å². The number of allylic oxidation sites excluding steroid dienone is 3. The molecule has 82 valence electrons. The van der Waals surface area contributed by atoms with E-state index < -0.39 is 0 Å². The Morgan fingerprint density at radius 3 is 3.06 bits per heavy atom. The number of hydrogen-bond acceptors (Lipinski definition) is 2. The molecule has 0 amide bonds. The van der Waals surface area contributed by atoms with Crippen LogP contribution >= 0.6 is 0 Å². The van der Waals surface area contributed by atoms with Crippen molar-refractivity contribution in [3.05, 3.63) is 60.5 Å². The molecule has 0 radical (unpaired) electrons. The van der Waals surface area contributed by atoms with Crippen molar-refractivity contribution < 1.29 is 0 Å². The number of hydrogen-bond donors (Lipinski definition) is 0. The van der Waals surface area contributed by atoms with E-state index in [0.29, 0.717) is 6.54 Å². The number of rotatable bonds is 5. The first-order valence-corrected chi connectivity index (χ1v) is 5.15. The fraction of sp³-hybridized carbons (Fsp3) is 0.143. The quantitative estimate of drug-likeness (QED) is 0.542. The first kappa shape index (κ1) is 12.1. The average Bonchev–Trinajstić information content (AvgIpc) is 2.34. The predicted octanol–water partition coefficient (Wildman–Crippen LogP) is 3.43. The van der Waals surface area contributed by atoms with Gasteiger partial charge in [0.1, 0.15) is 0 Å². The highest BCUT2D eigenvalue weighted by atomic mass is 14.8. The molecule has 2 heteroatoms. The number of aromatic nitrogens is 1. The van der Waals surface area contributed by atoms with Crippen molar-refractivity contribution in [3.63, 3.8) is 0 Å². The molecule has 0 saturated carbocycles. The summed E-state index contributed by atoms with van der Waals surface area (Å²) in [6.45, 7) is 9.99. The van der Waals surface area contributed by atoms with Gasteiger partial charge in [0.2, 0.25) is 0 Å². The van der Waals surface area contributed by atoms with Crippen LogP contribution in [0.1, 0.15) is 18.2 Å². The van der Waals surface area contributed by atoms with Crippen LogP contribution in [0.2, 0.25) is 0 Å². The lowest BCUT2D eigenvalue weighted by Gasteiger charge is -2.01. The molecule has 0 aliphatic carbocycles. The Hall–Kier alpha value is -1.96. The zero-order valence-electron chi connectivity index (χ0n) is 9.56. The standard InChI is InChI=1S/C14H16N2/c1-4-12(3)8-9-13-7-6-10-16-14(13)11-15-5-2/h4-10H,1,3,11H2,2H3/b9-8-,15-5-. The monoisotopic (exact) mass is 212 g/mol. The lowest BCUT2D eigenvalue weighted by molar-refractivity contribution is 0.988. The molecule has 0 unspecified atom stereocenters. The summed E-state index contributed by atoms with van der Waals surface area (Å²) in [4.78, 5) is 8.49. The van der Waals surface area contributed by atoms with E-state index in [1.165, 1.54) is 0 Å². The van der Waals surface area contributed by atoms with Gasteiger partial charge in [-0.15, -0.1) is 0 Å². The second kappa shape index (κ2) is 6.51. The van der Waals surface area contributed by atoms with E-state index in [4.69, 9.17) is 0 Å². The number of nitrogens with zero attached hydrogens (tertiary/aromatic N) is 2. The lowest BCUT2D eigenvalue weighted by Crippen LogP contribution is -1.91. The molecule has 1 heterocycles. The van der Waals surface area contributed by atoms with Crippen LogP contribution in [-0.2, 0) is 6.54 Å². The molecule has 0 bridgehead atoms. The molecule has 0 saturated heterocycles. The van der Waals surface area contributed by atoms with Crippen molar-refractivity contribution in [2.75, 3.05) is 0 Å². The largest absolute Gasteiger partial charge is 0.291 e. The van der Waals surface area contributed by atoms with Gasteiger partial charge in [-0.05, 0) is 30.3 Å². The topological polar surface area (TPSA) is 25.2 Å². The smallest absolute Gasteiger partial charge is 0.0813 e. The molecule has 1 rings (SSSR count). The minimum atomic E-state index is 0.609. The van der Waals surface area contributed by atoms with Crippen molar-refractivity contribution >= 4 is 12.3 Å². The molecule has 0 aliphatic rings. The van der Waals surface area contributed by atoms with Crippen molar-refractivity contribution in [1.82, 2.24) is 4.98 Å². The van der Waals surface area contributed by atoms with Gasteiger partial charge in [-0.25, -0.2) is 0 Å². The predicted molar refractivity (Wildman–Crippen MR) is 70.5 cm³/mol. The van der Waals surface area contributed by atoms with Crippen molar-refractivity contribution in [2.24, 2.45) is 4.99 Å². The highest BCUT2D eigenvalue weighted by Crippen LogP contribution is 2.10. The molecule has 0 spiro atoms. The van der Waals surface area contributed by atoms with Gasteiger partial charge < -0.3 is 0 Å². The Morgan fingerprint density at radius 2 is 2.38 bits per heavy atom. The Labute approximate surface area is 96.8 Å². The highest BCUT2D eigenvalue weighted by Gasteiger charge is 1.97. The third kappa shape index (κ3) is 3.65. The van der Waals surface area contributed by atoms with Gasteiger partial charge in [-0.3, -0.25) is 9.98 Å². The van der Waals surface area contributed by atoms with Crippen LogP contribution in [0, 0.1) is 0 Å². The second-order valence-electron chi connectivity index (χ2n) is 3.25. The van der Waals surface area contributed by atoms with Gasteiger partial charge in [-0.2, -0.15) is 0 Å². The Morgan fingerprint density at radius 1 is 1.56 bits per heavy atom. The summed E-state index contributed by atoms with van der Waals surface area (Å²) in [7, 11) is 0. The highest BCUT2D eigenvalue weighted by molar-refractivity contribution is 5.57. The van der Waals surface area contributed by atoms with Crippen LogP contribution in [0.3, 0.4) is 0 Å². The minimum absolute atomic E-state index is 0.609. The summed E-state index contributed by atoms with van der Waals surface area (Å²) in [6.07, 6.45) is 9.18. The molecular formula is C14H16N2. The lowest BCUT2D eigenvalue weighted by atomic mass is 10.1. The SMILES string of the molecule is C=CC(=C)/C=C\c1cccnc1C/N=C\C. The van der Waals surface area contributed by atoms with Crippen LogP contribution in [0.15, 0.2) is 54.2 Å². The number of pyridine rings is 1. The van der Waals surface area contributed by atoms with Gasteiger partial charge in [0.05, 0.1) is 12.2 Å². The summed E-state index contributed by atoms with van der Waals surface area (Å²) in [6, 6.07) is 3.93. The zero-order valence-corrected chi connectivity index (χ0v) is 9.56. The zero-order chi connectivity index (χ0) is 11.8. The van der Waals surface area contributed by atoms with Crippen LogP contribution in [0.5, 0.6) is 0 Å². The molecule has 16 heavy (non-hydrogen) atoms. The van der Waals surface area contributed by atoms with Crippen LogP contribution in [0.4, 0.5) is 0 Å². The van der Waals surface area contributed by atoms with E-state index in [1.54, 1.807) is 18.5 Å². The second-order valence-corrected chi connectivity index (χ2v) is 3.25. The molecule has 1 aromatic heterocycles. The van der Waals surface area contributed by atoms with E-state index in [2.05, 4.69) is 23.1 Å². The number of aliphatic imine (C=N–C) groups is 1. The van der Waals surface area contributed by atoms with E-state index >= 15 is 0 Å². The van der Waals surface area contributed by atoms with Crippen LogP contribution < -0.4 is 0 Å². The molecule has 1 aromatic rings. The molecule has 0 atom stereocenters. The Balaban J connectivity index is 2.90. The van der Waals surface area contributed by atoms with Gasteiger partial charge in [0.25, 0.3) is 0 Å². The fourth-order valence-corrected chi connectivity index (χ4v) is 1.18. The van der Waals surface area contributed by atoms with Gasteiger partial charge in [0.15, 0.2) is 0 Å². The maximum Gasteiger partial charge on any atom is 0.0813 e. The summed E-state index contributed by atoms with van der Waals surface area (Å²) < 4.78 is 0. The van der Waals surface area contributed by atoms with E-state index in [1.807, 2.05) is 31.2 Å². The van der Waals surface area contributed by atoms with Crippen LogP contribution in [0.25, 0.3) is 6.08 Å². The molecule has 0 N–H and O–H groups in total. The summed E-state index contributed by atoms with van der Waals surface area (Å²) >= 11 is 0. The van der Waals surface area contributed by atoms with Crippen LogP contribution in [-0.4, -0.2) is 11.2 Å². The molecular weight excluding hydrogens is 196 g/mol. The third-order valence-corrected chi connectivity index (χ3v) is 2.09. The van der Waals surface area contributed by atoms with E-state index in [0.717, 1.165) is 16.8 Å². The summed E-state index contributed by atoms with van der Waals surface area (Å²) in [5.74, 6) is 0. The maximum atomic E-state index is 4.30. The fourth-order valence-electron chi connectivity index (χ4n) is 1.18. The maximum absolute atomic E-state index is 4.30. The molecule has 0 fully saturated rings. The average molecular weight is 212 g/mol. The first-order valence-electron chi connectivity index (χ1n) is 5.15. The van der Waals surface area contributed by atoms with Crippen molar-refractivity contribution in [2.45, 2.75) is 13.5 Å². The van der Waals surface area contributed by atoms with Crippen molar-refractivity contribution in [3.8, 4) is 0 Å². The van der Waals surface area contributed by atoms with E-state index in [9.17, 15) is 0 Å². The van der Waals surface area contributed by atoms with Crippen molar-refractivity contribution in [1.29, 1.82) is 0 Å². The Bertz CT molecular complexity index is 428. The van der Waals surface area contributed by atoms with Gasteiger partial charge in [0, 0.05) is 6.20 Å². The molecule has 0 aliphatic heterocycles. The summed E-state index contributed by atoms with van der Waals surface area (Å²) in [5.41, 5.74) is 2.92. The van der Waals surface area contributed by atoms with Gasteiger partial charge in [-0.1, -0.05) is 37.5 Å². The third-order valence-electron chi connectivity index (χ3n) is 2.09. The van der Waals surface area contributed by atoms with Gasteiger partial charge >= 0.3 is 0 Å².